The van der Waals surface area contributed by atoms with E-state index in [4.69, 9.17) is 4.74 Å². The number of aryl methyl sites for hydroxylation is 1. The average molecular weight is 271 g/mol. The molecule has 0 spiro atoms. The zero-order valence-corrected chi connectivity index (χ0v) is 12.1. The Morgan fingerprint density at radius 3 is 2.50 bits per heavy atom. The molecule has 1 aromatic carbocycles. The fraction of sp³-hybridized carbons (Fsp3) is 0.375. The van der Waals surface area contributed by atoms with E-state index in [1.165, 1.54) is 18.4 Å². The smallest absolute Gasteiger partial charge is 0.144 e. The van der Waals surface area contributed by atoms with E-state index in [0.29, 0.717) is 6.61 Å². The highest BCUT2D eigenvalue weighted by atomic mass is 16.5. The molecule has 20 heavy (non-hydrogen) atoms. The van der Waals surface area contributed by atoms with E-state index in [0.717, 1.165) is 23.7 Å². The first kappa shape index (κ1) is 14.3. The van der Waals surface area contributed by atoms with Gasteiger partial charge in [-0.3, -0.25) is 4.98 Å². The molecule has 0 unspecified atom stereocenters. The van der Waals surface area contributed by atoms with Crippen LogP contribution in [0.25, 0.3) is 0 Å². The molecule has 4 nitrogen and oxygen atoms in total. The molecule has 0 bridgehead atoms. The van der Waals surface area contributed by atoms with Gasteiger partial charge < -0.3 is 10.1 Å². The number of rotatable bonds is 7. The summed E-state index contributed by atoms with van der Waals surface area (Å²) in [6.45, 7) is 2.64. The normalized spacial score (nSPS) is 10.3. The molecule has 0 aliphatic rings. The quantitative estimate of drug-likeness (QED) is 0.838. The van der Waals surface area contributed by atoms with Crippen molar-refractivity contribution in [1.82, 2.24) is 9.97 Å². The molecule has 0 saturated heterocycles. The highest BCUT2D eigenvalue weighted by Crippen LogP contribution is 2.15. The van der Waals surface area contributed by atoms with Crippen molar-refractivity contribution in [2.75, 3.05) is 12.4 Å². The van der Waals surface area contributed by atoms with E-state index in [2.05, 4.69) is 34.3 Å². The molecule has 0 atom stereocenters. The van der Waals surface area contributed by atoms with Gasteiger partial charge in [-0.1, -0.05) is 25.5 Å². The Morgan fingerprint density at radius 1 is 1.10 bits per heavy atom. The largest absolute Gasteiger partial charge is 0.487 e. The lowest BCUT2D eigenvalue weighted by molar-refractivity contribution is 0.300. The van der Waals surface area contributed by atoms with Crippen LogP contribution < -0.4 is 10.1 Å². The molecule has 0 radical (unpaired) electrons. The summed E-state index contributed by atoms with van der Waals surface area (Å²) in [5.74, 6) is 1.62. The predicted molar refractivity (Wildman–Crippen MR) is 81.0 cm³/mol. The lowest BCUT2D eigenvalue weighted by atomic mass is 10.1. The van der Waals surface area contributed by atoms with Gasteiger partial charge in [0.15, 0.2) is 0 Å². The van der Waals surface area contributed by atoms with E-state index in [1.54, 1.807) is 12.4 Å². The SMILES string of the molecule is CCCCc1ccc(OCc2cnc(NC)cn2)cc1. The number of anilines is 1. The molecular weight excluding hydrogens is 250 g/mol. The molecule has 1 heterocycles. The summed E-state index contributed by atoms with van der Waals surface area (Å²) < 4.78 is 5.70. The third-order valence-corrected chi connectivity index (χ3v) is 3.09. The monoisotopic (exact) mass is 271 g/mol. The number of nitrogens with zero attached hydrogens (tertiary/aromatic N) is 2. The third kappa shape index (κ3) is 4.23. The summed E-state index contributed by atoms with van der Waals surface area (Å²) in [5.41, 5.74) is 2.18. The Bertz CT molecular complexity index is 508. The van der Waals surface area contributed by atoms with Crippen molar-refractivity contribution in [3.63, 3.8) is 0 Å². The van der Waals surface area contributed by atoms with Gasteiger partial charge in [0.1, 0.15) is 18.2 Å². The van der Waals surface area contributed by atoms with Crippen LogP contribution in [0.4, 0.5) is 5.82 Å². The Balaban J connectivity index is 1.86. The minimum absolute atomic E-state index is 0.436. The summed E-state index contributed by atoms with van der Waals surface area (Å²) >= 11 is 0. The molecule has 0 aliphatic heterocycles. The van der Waals surface area contributed by atoms with E-state index >= 15 is 0 Å². The maximum atomic E-state index is 5.70. The second kappa shape index (κ2) is 7.48. The molecule has 0 fully saturated rings. The standard InChI is InChI=1S/C16H21N3O/c1-3-4-5-13-6-8-15(9-7-13)20-12-14-10-19-16(17-2)11-18-14/h6-11H,3-5,12H2,1-2H3,(H,17,19). The predicted octanol–water partition coefficient (Wildman–Crippen LogP) is 3.44. The molecule has 2 rings (SSSR count). The van der Waals surface area contributed by atoms with Gasteiger partial charge in [-0.25, -0.2) is 4.98 Å². The summed E-state index contributed by atoms with van der Waals surface area (Å²) in [6.07, 6.45) is 7.01. The Morgan fingerprint density at radius 2 is 1.90 bits per heavy atom. The summed E-state index contributed by atoms with van der Waals surface area (Å²) in [5, 5.41) is 2.94. The first-order valence-corrected chi connectivity index (χ1v) is 7.02. The zero-order chi connectivity index (χ0) is 14.2. The third-order valence-electron chi connectivity index (χ3n) is 3.09. The number of aromatic nitrogens is 2. The van der Waals surface area contributed by atoms with Crippen molar-refractivity contribution in [3.8, 4) is 5.75 Å². The molecule has 0 aliphatic carbocycles. The van der Waals surface area contributed by atoms with E-state index in [1.807, 2.05) is 19.2 Å². The van der Waals surface area contributed by atoms with Gasteiger partial charge in [0.25, 0.3) is 0 Å². The second-order valence-corrected chi connectivity index (χ2v) is 4.68. The van der Waals surface area contributed by atoms with Crippen molar-refractivity contribution in [3.05, 3.63) is 47.9 Å². The molecule has 1 N–H and O–H groups in total. The lowest BCUT2D eigenvalue weighted by Gasteiger charge is -2.07. The van der Waals surface area contributed by atoms with Crippen molar-refractivity contribution in [1.29, 1.82) is 0 Å². The fourth-order valence-electron chi connectivity index (χ4n) is 1.85. The maximum Gasteiger partial charge on any atom is 0.144 e. The summed E-state index contributed by atoms with van der Waals surface area (Å²) in [4.78, 5) is 8.48. The van der Waals surface area contributed by atoms with Crippen LogP contribution in [0.1, 0.15) is 31.0 Å². The number of nitrogens with one attached hydrogen (secondary N) is 1. The number of benzene rings is 1. The van der Waals surface area contributed by atoms with Gasteiger partial charge in [-0.15, -0.1) is 0 Å². The van der Waals surface area contributed by atoms with Gasteiger partial charge >= 0.3 is 0 Å². The fourth-order valence-corrected chi connectivity index (χ4v) is 1.85. The Labute approximate surface area is 120 Å². The molecule has 0 amide bonds. The van der Waals surface area contributed by atoms with Crippen LogP contribution >= 0.6 is 0 Å². The Hall–Kier alpha value is -2.10. The first-order valence-electron chi connectivity index (χ1n) is 7.02. The van der Waals surface area contributed by atoms with Crippen molar-refractivity contribution < 1.29 is 4.74 Å². The van der Waals surface area contributed by atoms with Crippen LogP contribution in [-0.4, -0.2) is 17.0 Å². The molecule has 0 saturated carbocycles. The highest BCUT2D eigenvalue weighted by Gasteiger charge is 1.99. The maximum absolute atomic E-state index is 5.70. The van der Waals surface area contributed by atoms with Crippen molar-refractivity contribution in [2.24, 2.45) is 0 Å². The molecule has 4 heteroatoms. The molecule has 106 valence electrons. The topological polar surface area (TPSA) is 47.0 Å². The lowest BCUT2D eigenvalue weighted by Crippen LogP contribution is -2.01. The second-order valence-electron chi connectivity index (χ2n) is 4.68. The summed E-state index contributed by atoms with van der Waals surface area (Å²) in [6, 6.07) is 8.28. The van der Waals surface area contributed by atoms with Crippen molar-refractivity contribution >= 4 is 5.82 Å². The molecule has 1 aromatic heterocycles. The van der Waals surface area contributed by atoms with Gasteiger partial charge in [-0.05, 0) is 30.5 Å². The first-order chi connectivity index (χ1) is 9.81. The zero-order valence-electron chi connectivity index (χ0n) is 12.1. The summed E-state index contributed by atoms with van der Waals surface area (Å²) in [7, 11) is 1.82. The van der Waals surface area contributed by atoms with E-state index in [9.17, 15) is 0 Å². The average Bonchev–Trinajstić information content (AvgIpc) is 2.52. The van der Waals surface area contributed by atoms with Crippen LogP contribution in [0.3, 0.4) is 0 Å². The number of unbranched alkanes of at least 4 members (excludes halogenated alkanes) is 1. The van der Waals surface area contributed by atoms with Crippen LogP contribution in [0.2, 0.25) is 0 Å². The minimum atomic E-state index is 0.436. The van der Waals surface area contributed by atoms with Crippen LogP contribution in [0, 0.1) is 0 Å². The van der Waals surface area contributed by atoms with Crippen LogP contribution in [0.5, 0.6) is 5.75 Å². The molecule has 2 aromatic rings. The number of ether oxygens (including phenoxy) is 1. The van der Waals surface area contributed by atoms with Crippen molar-refractivity contribution in [2.45, 2.75) is 32.8 Å². The van der Waals surface area contributed by atoms with Gasteiger partial charge in [0, 0.05) is 7.05 Å². The van der Waals surface area contributed by atoms with E-state index < -0.39 is 0 Å². The Kier molecular flexibility index (Phi) is 5.35. The number of hydrogen-bond donors (Lipinski definition) is 1. The number of hydrogen-bond acceptors (Lipinski definition) is 4. The van der Waals surface area contributed by atoms with Crippen LogP contribution in [-0.2, 0) is 13.0 Å². The van der Waals surface area contributed by atoms with Gasteiger partial charge in [-0.2, -0.15) is 0 Å². The van der Waals surface area contributed by atoms with E-state index in [-0.39, 0.29) is 0 Å². The van der Waals surface area contributed by atoms with Gasteiger partial charge in [0.05, 0.1) is 18.1 Å². The van der Waals surface area contributed by atoms with Crippen LogP contribution in [0.15, 0.2) is 36.7 Å². The molecular formula is C16H21N3O. The minimum Gasteiger partial charge on any atom is -0.487 e. The van der Waals surface area contributed by atoms with Gasteiger partial charge in [0.2, 0.25) is 0 Å². The highest BCUT2D eigenvalue weighted by molar-refractivity contribution is 5.30.